The van der Waals surface area contributed by atoms with E-state index in [1.165, 1.54) is 6.20 Å². The third-order valence-electron chi connectivity index (χ3n) is 4.08. The summed E-state index contributed by atoms with van der Waals surface area (Å²) < 4.78 is 43.4. The molecule has 0 bridgehead atoms. The summed E-state index contributed by atoms with van der Waals surface area (Å²) in [7, 11) is 0. The van der Waals surface area contributed by atoms with Crippen LogP contribution in [0.3, 0.4) is 0 Å². The number of ether oxygens (including phenoxy) is 1. The van der Waals surface area contributed by atoms with Crippen molar-refractivity contribution in [1.82, 2.24) is 29.7 Å². The van der Waals surface area contributed by atoms with E-state index in [0.717, 1.165) is 16.5 Å². The summed E-state index contributed by atoms with van der Waals surface area (Å²) in [6, 6.07) is 5.22. The molecule has 0 atom stereocenters. The topological polar surface area (TPSA) is 90.6 Å². The maximum atomic E-state index is 12.3. The highest BCUT2D eigenvalue weighted by Crippen LogP contribution is 2.23. The number of fused-ring (bicyclic) bond motifs is 1. The lowest BCUT2D eigenvalue weighted by Crippen LogP contribution is -2.20. The minimum absolute atomic E-state index is 0.0414. The molecule has 0 amide bonds. The lowest BCUT2D eigenvalue weighted by atomic mass is 10.2. The molecule has 1 N–H and O–H groups in total. The average molecular weight is 415 g/mol. The van der Waals surface area contributed by atoms with Crippen LogP contribution in [-0.2, 0) is 6.54 Å². The Hall–Kier alpha value is -3.76. The molecule has 4 heterocycles. The fourth-order valence-electron chi connectivity index (χ4n) is 2.84. The zero-order valence-corrected chi connectivity index (χ0v) is 15.8. The van der Waals surface area contributed by atoms with Gasteiger partial charge in [0.2, 0.25) is 11.8 Å². The molecule has 30 heavy (non-hydrogen) atoms. The number of aryl methyl sites for hydroxylation is 1. The van der Waals surface area contributed by atoms with Crippen LogP contribution in [0.5, 0.6) is 5.88 Å². The van der Waals surface area contributed by atoms with Gasteiger partial charge in [-0.15, -0.1) is 0 Å². The van der Waals surface area contributed by atoms with Crippen molar-refractivity contribution in [3.8, 4) is 5.88 Å². The van der Waals surface area contributed by atoms with Crippen LogP contribution in [0, 0.1) is 6.92 Å². The van der Waals surface area contributed by atoms with Gasteiger partial charge in [-0.3, -0.25) is 4.68 Å². The Morgan fingerprint density at radius 1 is 1.10 bits per heavy atom. The summed E-state index contributed by atoms with van der Waals surface area (Å²) in [5.74, 6) is 0.940. The standard InChI is InChI=1S/C19H16F3N7O/c1-12-7-13(8-26-17(12)30-11-19(20,21)22)9-29-10-14-15(28-29)3-6-23-16(14)27-18-24-4-2-5-25-18/h2-8,10H,9,11H2,1H3,(H,23,24,25,27). The molecule has 0 spiro atoms. The monoisotopic (exact) mass is 415 g/mol. The average Bonchev–Trinajstić information content (AvgIpc) is 3.11. The molecule has 0 aliphatic rings. The van der Waals surface area contributed by atoms with E-state index >= 15 is 0 Å². The van der Waals surface area contributed by atoms with Crippen molar-refractivity contribution in [1.29, 1.82) is 0 Å². The van der Waals surface area contributed by atoms with Crippen molar-refractivity contribution < 1.29 is 17.9 Å². The Morgan fingerprint density at radius 2 is 1.90 bits per heavy atom. The first-order chi connectivity index (χ1) is 14.4. The highest BCUT2D eigenvalue weighted by Gasteiger charge is 2.29. The summed E-state index contributed by atoms with van der Waals surface area (Å²) >= 11 is 0. The maximum Gasteiger partial charge on any atom is 0.422 e. The van der Waals surface area contributed by atoms with Crippen LogP contribution in [0.1, 0.15) is 11.1 Å². The van der Waals surface area contributed by atoms with Crippen LogP contribution in [0.2, 0.25) is 0 Å². The van der Waals surface area contributed by atoms with Crippen molar-refractivity contribution in [3.05, 3.63) is 60.3 Å². The first kappa shape index (κ1) is 19.6. The highest BCUT2D eigenvalue weighted by molar-refractivity contribution is 5.89. The number of hydrogen-bond donors (Lipinski definition) is 1. The SMILES string of the molecule is Cc1cc(Cn2cc3c(Nc4ncccn4)nccc3n2)cnc1OCC(F)(F)F. The molecular formula is C19H16F3N7O. The summed E-state index contributed by atoms with van der Waals surface area (Å²) in [5, 5.41) is 8.36. The molecule has 0 fully saturated rings. The van der Waals surface area contributed by atoms with E-state index in [1.54, 1.807) is 48.4 Å². The van der Waals surface area contributed by atoms with E-state index in [-0.39, 0.29) is 5.88 Å². The molecule has 0 aliphatic heterocycles. The first-order valence-corrected chi connectivity index (χ1v) is 8.89. The second-order valence-corrected chi connectivity index (χ2v) is 6.49. The van der Waals surface area contributed by atoms with Gasteiger partial charge >= 0.3 is 6.18 Å². The van der Waals surface area contributed by atoms with Gasteiger partial charge in [-0.1, -0.05) is 0 Å². The largest absolute Gasteiger partial charge is 0.468 e. The highest BCUT2D eigenvalue weighted by atomic mass is 19.4. The molecule has 154 valence electrons. The second kappa shape index (κ2) is 7.93. The molecule has 11 heteroatoms. The number of anilines is 2. The lowest BCUT2D eigenvalue weighted by molar-refractivity contribution is -0.154. The van der Waals surface area contributed by atoms with Gasteiger partial charge in [0.25, 0.3) is 0 Å². The minimum Gasteiger partial charge on any atom is -0.468 e. The van der Waals surface area contributed by atoms with Gasteiger partial charge < -0.3 is 10.1 Å². The second-order valence-electron chi connectivity index (χ2n) is 6.49. The Morgan fingerprint density at radius 3 is 2.63 bits per heavy atom. The molecule has 0 unspecified atom stereocenters. The number of alkyl halides is 3. The predicted molar refractivity (Wildman–Crippen MR) is 102 cm³/mol. The van der Waals surface area contributed by atoms with Crippen LogP contribution >= 0.6 is 0 Å². The first-order valence-electron chi connectivity index (χ1n) is 8.89. The number of nitrogens with one attached hydrogen (secondary N) is 1. The van der Waals surface area contributed by atoms with Crippen molar-refractivity contribution >= 4 is 22.7 Å². The summed E-state index contributed by atoms with van der Waals surface area (Å²) in [6.07, 6.45) is 3.75. The van der Waals surface area contributed by atoms with Gasteiger partial charge in [-0.2, -0.15) is 18.3 Å². The Bertz CT molecular complexity index is 1160. The number of nitrogens with zero attached hydrogens (tertiary/aromatic N) is 6. The number of halogens is 3. The van der Waals surface area contributed by atoms with Gasteiger partial charge in [-0.05, 0) is 30.7 Å². The van der Waals surface area contributed by atoms with E-state index in [9.17, 15) is 13.2 Å². The Balaban J connectivity index is 1.53. The fraction of sp³-hybridized carbons (Fsp3) is 0.211. The van der Waals surface area contributed by atoms with Crippen LogP contribution in [0.25, 0.3) is 10.9 Å². The van der Waals surface area contributed by atoms with E-state index in [1.807, 2.05) is 6.20 Å². The van der Waals surface area contributed by atoms with Crippen molar-refractivity contribution in [2.75, 3.05) is 11.9 Å². The summed E-state index contributed by atoms with van der Waals surface area (Å²) in [5.41, 5.74) is 2.01. The van der Waals surface area contributed by atoms with Crippen LogP contribution in [-0.4, -0.2) is 42.5 Å². The normalized spacial score (nSPS) is 11.6. The van der Waals surface area contributed by atoms with E-state index < -0.39 is 12.8 Å². The minimum atomic E-state index is -4.41. The van der Waals surface area contributed by atoms with Crippen LogP contribution < -0.4 is 10.1 Å². The van der Waals surface area contributed by atoms with E-state index in [4.69, 9.17) is 4.74 Å². The number of pyridine rings is 2. The van der Waals surface area contributed by atoms with Crippen molar-refractivity contribution in [2.45, 2.75) is 19.6 Å². The van der Waals surface area contributed by atoms with Gasteiger partial charge in [0.1, 0.15) is 5.82 Å². The molecule has 4 aromatic heterocycles. The smallest absolute Gasteiger partial charge is 0.422 e. The zero-order valence-electron chi connectivity index (χ0n) is 15.8. The molecular weight excluding hydrogens is 399 g/mol. The van der Waals surface area contributed by atoms with Gasteiger partial charge in [0.15, 0.2) is 6.61 Å². The molecule has 4 rings (SSSR count). The molecule has 0 aromatic carbocycles. The predicted octanol–water partition coefficient (Wildman–Crippen LogP) is 3.66. The van der Waals surface area contributed by atoms with Gasteiger partial charge in [0, 0.05) is 36.5 Å². The number of rotatable bonds is 6. The quantitative estimate of drug-likeness (QED) is 0.514. The Kier molecular flexibility index (Phi) is 5.17. The lowest BCUT2D eigenvalue weighted by Gasteiger charge is -2.11. The fourth-order valence-corrected chi connectivity index (χ4v) is 2.84. The van der Waals surface area contributed by atoms with Gasteiger partial charge in [0.05, 0.1) is 17.4 Å². The number of aromatic nitrogens is 6. The van der Waals surface area contributed by atoms with Crippen molar-refractivity contribution in [2.24, 2.45) is 0 Å². The third-order valence-corrected chi connectivity index (χ3v) is 4.08. The molecule has 0 aliphatic carbocycles. The molecule has 0 radical (unpaired) electrons. The van der Waals surface area contributed by atoms with Crippen LogP contribution in [0.4, 0.5) is 24.9 Å². The summed E-state index contributed by atoms with van der Waals surface area (Å²) in [4.78, 5) is 16.6. The maximum absolute atomic E-state index is 12.3. The van der Waals surface area contributed by atoms with Crippen LogP contribution in [0.15, 0.2) is 49.2 Å². The van der Waals surface area contributed by atoms with Gasteiger partial charge in [-0.25, -0.2) is 19.9 Å². The molecule has 0 saturated heterocycles. The molecule has 0 saturated carbocycles. The zero-order chi connectivity index (χ0) is 21.1. The van der Waals surface area contributed by atoms with E-state index in [2.05, 4.69) is 30.4 Å². The number of hydrogen-bond acceptors (Lipinski definition) is 7. The molecule has 8 nitrogen and oxygen atoms in total. The third kappa shape index (κ3) is 4.62. The van der Waals surface area contributed by atoms with Crippen molar-refractivity contribution in [3.63, 3.8) is 0 Å². The summed E-state index contributed by atoms with van der Waals surface area (Å²) in [6.45, 7) is 0.648. The molecule has 4 aromatic rings. The van der Waals surface area contributed by atoms with E-state index in [0.29, 0.717) is 23.9 Å². The Labute approximate surface area is 168 Å².